The van der Waals surface area contributed by atoms with Gasteiger partial charge >= 0.3 is 5.97 Å². The molecule has 0 radical (unpaired) electrons. The summed E-state index contributed by atoms with van der Waals surface area (Å²) in [6.07, 6.45) is 0.206. The van der Waals surface area contributed by atoms with Crippen molar-refractivity contribution in [2.45, 2.75) is 13.3 Å². The maximum absolute atomic E-state index is 11.1. The number of nitrogens with zero attached hydrogens (tertiary/aromatic N) is 1. The summed E-state index contributed by atoms with van der Waals surface area (Å²) in [6.45, 7) is 1.55. The zero-order valence-corrected chi connectivity index (χ0v) is 7.93. The second-order valence-corrected chi connectivity index (χ2v) is 2.86. The monoisotopic (exact) mass is 192 g/mol. The van der Waals surface area contributed by atoms with Crippen molar-refractivity contribution in [3.8, 4) is 0 Å². The third kappa shape index (κ3) is 3.71. The Labute approximate surface area is 82.4 Å². The van der Waals surface area contributed by atoms with Crippen molar-refractivity contribution >= 4 is 11.8 Å². The van der Waals surface area contributed by atoms with Crippen molar-refractivity contribution in [3.05, 3.63) is 35.9 Å². The summed E-state index contributed by atoms with van der Waals surface area (Å²) < 4.78 is 0. The third-order valence-corrected chi connectivity index (χ3v) is 1.48. The quantitative estimate of drug-likeness (QED) is 0.337. The zero-order chi connectivity index (χ0) is 10.4. The number of hydrogen-bond donors (Lipinski definition) is 1. The van der Waals surface area contributed by atoms with Crippen molar-refractivity contribution in [3.63, 3.8) is 0 Å². The van der Waals surface area contributed by atoms with E-state index in [9.17, 15) is 4.79 Å². The summed E-state index contributed by atoms with van der Waals surface area (Å²) in [5.41, 5.74) is 6.10. The van der Waals surface area contributed by atoms with Crippen LogP contribution in [0.1, 0.15) is 12.5 Å². The number of amidine groups is 1. The molecule has 0 bridgehead atoms. The molecule has 74 valence electrons. The zero-order valence-electron chi connectivity index (χ0n) is 7.93. The molecule has 0 aliphatic heterocycles. The number of carbonyl (C=O) groups is 1. The molecule has 4 nitrogen and oxygen atoms in total. The minimum atomic E-state index is -0.416. The highest BCUT2D eigenvalue weighted by Crippen LogP contribution is 2.00. The first-order valence-electron chi connectivity index (χ1n) is 4.22. The molecule has 0 saturated carbocycles. The average molecular weight is 192 g/mol. The van der Waals surface area contributed by atoms with Crippen LogP contribution in [0.4, 0.5) is 0 Å². The van der Waals surface area contributed by atoms with Gasteiger partial charge in [0.2, 0.25) is 0 Å². The van der Waals surface area contributed by atoms with Gasteiger partial charge in [0.05, 0.1) is 6.42 Å². The fourth-order valence-corrected chi connectivity index (χ4v) is 0.918. The van der Waals surface area contributed by atoms with E-state index in [1.54, 1.807) is 6.92 Å². The molecule has 0 spiro atoms. The molecule has 0 heterocycles. The van der Waals surface area contributed by atoms with Gasteiger partial charge in [-0.15, -0.1) is 0 Å². The summed E-state index contributed by atoms with van der Waals surface area (Å²) in [7, 11) is 0. The van der Waals surface area contributed by atoms with Crippen molar-refractivity contribution in [1.29, 1.82) is 0 Å². The van der Waals surface area contributed by atoms with E-state index in [1.165, 1.54) is 0 Å². The molecule has 0 aliphatic carbocycles. The number of nitrogens with two attached hydrogens (primary N) is 1. The van der Waals surface area contributed by atoms with Gasteiger partial charge in [-0.2, -0.15) is 0 Å². The minimum absolute atomic E-state index is 0.206. The summed E-state index contributed by atoms with van der Waals surface area (Å²) in [4.78, 5) is 15.7. The number of benzene rings is 1. The molecule has 1 aromatic carbocycles. The Morgan fingerprint density at radius 3 is 2.64 bits per heavy atom. The van der Waals surface area contributed by atoms with Gasteiger partial charge in [0.25, 0.3) is 0 Å². The largest absolute Gasteiger partial charge is 0.385 e. The first-order valence-corrected chi connectivity index (χ1v) is 4.22. The minimum Gasteiger partial charge on any atom is -0.385 e. The van der Waals surface area contributed by atoms with Crippen LogP contribution in [0.15, 0.2) is 35.5 Å². The van der Waals surface area contributed by atoms with Crippen molar-refractivity contribution < 1.29 is 9.63 Å². The molecular weight excluding hydrogens is 180 g/mol. The number of hydrogen-bond acceptors (Lipinski definition) is 3. The molecule has 0 fully saturated rings. The van der Waals surface area contributed by atoms with Crippen LogP contribution in [0.3, 0.4) is 0 Å². The van der Waals surface area contributed by atoms with Crippen LogP contribution in [-0.2, 0) is 16.1 Å². The van der Waals surface area contributed by atoms with Crippen LogP contribution in [0, 0.1) is 0 Å². The van der Waals surface area contributed by atoms with E-state index in [0.29, 0.717) is 0 Å². The second-order valence-electron chi connectivity index (χ2n) is 2.86. The van der Waals surface area contributed by atoms with E-state index in [4.69, 9.17) is 5.73 Å². The van der Waals surface area contributed by atoms with E-state index in [2.05, 4.69) is 9.99 Å². The summed E-state index contributed by atoms with van der Waals surface area (Å²) >= 11 is 0. The topological polar surface area (TPSA) is 64.7 Å². The Bertz CT molecular complexity index is 329. The lowest BCUT2D eigenvalue weighted by atomic mass is 10.2. The number of oxime groups is 1. The fraction of sp³-hybridized carbons (Fsp3) is 0.200. The van der Waals surface area contributed by atoms with Gasteiger partial charge in [0.15, 0.2) is 0 Å². The second kappa shape index (κ2) is 5.01. The molecule has 1 aromatic rings. The molecule has 1 rings (SSSR count). The van der Waals surface area contributed by atoms with Crippen LogP contribution in [0.2, 0.25) is 0 Å². The van der Waals surface area contributed by atoms with E-state index < -0.39 is 5.97 Å². The molecule has 14 heavy (non-hydrogen) atoms. The Morgan fingerprint density at radius 1 is 1.43 bits per heavy atom. The molecule has 0 atom stereocenters. The van der Waals surface area contributed by atoms with Crippen LogP contribution in [0.5, 0.6) is 0 Å². The van der Waals surface area contributed by atoms with Crippen LogP contribution in [0.25, 0.3) is 0 Å². The SMILES string of the molecule is C/C(N)=N/OC(=O)Cc1ccccc1. The normalized spacial score (nSPS) is 11.1. The predicted octanol–water partition coefficient (Wildman–Crippen LogP) is 1.06. The Morgan fingerprint density at radius 2 is 2.07 bits per heavy atom. The Kier molecular flexibility index (Phi) is 3.67. The molecule has 0 aromatic heterocycles. The maximum Gasteiger partial charge on any atom is 0.339 e. The first kappa shape index (κ1) is 10.2. The lowest BCUT2D eigenvalue weighted by Crippen LogP contribution is -2.10. The van der Waals surface area contributed by atoms with Gasteiger partial charge in [0, 0.05) is 0 Å². The summed E-state index contributed by atoms with van der Waals surface area (Å²) in [5, 5.41) is 3.37. The van der Waals surface area contributed by atoms with Crippen LogP contribution in [-0.4, -0.2) is 11.8 Å². The van der Waals surface area contributed by atoms with Crippen molar-refractivity contribution in [2.75, 3.05) is 0 Å². The molecule has 0 unspecified atom stereocenters. The van der Waals surface area contributed by atoms with Crippen molar-refractivity contribution in [1.82, 2.24) is 0 Å². The standard InChI is InChI=1S/C10H12N2O2/c1-8(11)12-14-10(13)7-9-5-3-2-4-6-9/h2-6H,7H2,1H3,(H2,11,12). The van der Waals surface area contributed by atoms with Gasteiger partial charge in [0.1, 0.15) is 5.84 Å². The first-order chi connectivity index (χ1) is 6.68. The fourth-order valence-electron chi connectivity index (χ4n) is 0.918. The predicted molar refractivity (Wildman–Crippen MR) is 53.5 cm³/mol. The van der Waals surface area contributed by atoms with E-state index >= 15 is 0 Å². The average Bonchev–Trinajstić information content (AvgIpc) is 2.16. The van der Waals surface area contributed by atoms with E-state index in [1.807, 2.05) is 30.3 Å². The molecule has 0 aliphatic rings. The van der Waals surface area contributed by atoms with Gasteiger partial charge in [-0.25, -0.2) is 4.79 Å². The summed E-state index contributed by atoms with van der Waals surface area (Å²) in [6, 6.07) is 9.30. The van der Waals surface area contributed by atoms with Gasteiger partial charge in [-0.3, -0.25) is 0 Å². The van der Waals surface area contributed by atoms with E-state index in [0.717, 1.165) is 5.56 Å². The number of carbonyl (C=O) groups excluding carboxylic acids is 1. The summed E-state index contributed by atoms with van der Waals surface area (Å²) in [5.74, 6) is -0.188. The van der Waals surface area contributed by atoms with Gasteiger partial charge < -0.3 is 10.6 Å². The Hall–Kier alpha value is -1.84. The maximum atomic E-state index is 11.1. The molecule has 0 saturated heterocycles. The molecule has 4 heteroatoms. The molecule has 2 N–H and O–H groups in total. The smallest absolute Gasteiger partial charge is 0.339 e. The van der Waals surface area contributed by atoms with Crippen LogP contribution < -0.4 is 5.73 Å². The lowest BCUT2D eigenvalue weighted by molar-refractivity contribution is -0.142. The highest BCUT2D eigenvalue weighted by Gasteiger charge is 2.03. The van der Waals surface area contributed by atoms with Gasteiger partial charge in [-0.1, -0.05) is 35.5 Å². The van der Waals surface area contributed by atoms with Crippen molar-refractivity contribution in [2.24, 2.45) is 10.9 Å². The lowest BCUT2D eigenvalue weighted by Gasteiger charge is -1.98. The Balaban J connectivity index is 2.46. The third-order valence-electron chi connectivity index (χ3n) is 1.48. The van der Waals surface area contributed by atoms with Gasteiger partial charge in [-0.05, 0) is 12.5 Å². The molecular formula is C10H12N2O2. The molecule has 0 amide bonds. The highest BCUT2D eigenvalue weighted by atomic mass is 16.7. The highest BCUT2D eigenvalue weighted by molar-refractivity contribution is 5.79. The van der Waals surface area contributed by atoms with E-state index in [-0.39, 0.29) is 12.3 Å². The number of rotatable bonds is 3. The van der Waals surface area contributed by atoms with Crippen LogP contribution >= 0.6 is 0 Å².